The third-order valence-corrected chi connectivity index (χ3v) is 3.52. The summed E-state index contributed by atoms with van der Waals surface area (Å²) in [5.74, 6) is 0.265. The van der Waals surface area contributed by atoms with Crippen LogP contribution in [-0.2, 0) is 4.79 Å². The van der Waals surface area contributed by atoms with Crippen molar-refractivity contribution in [2.24, 2.45) is 5.41 Å². The molecule has 1 aliphatic rings. The van der Waals surface area contributed by atoms with Crippen LogP contribution in [0, 0.1) is 5.41 Å². The maximum atomic E-state index is 12.1. The highest BCUT2D eigenvalue weighted by Crippen LogP contribution is 2.30. The van der Waals surface area contributed by atoms with Crippen LogP contribution in [0.1, 0.15) is 54.4 Å². The summed E-state index contributed by atoms with van der Waals surface area (Å²) in [4.78, 5) is 14.1. The van der Waals surface area contributed by atoms with E-state index in [4.69, 9.17) is 0 Å². The van der Waals surface area contributed by atoms with Gasteiger partial charge in [0.2, 0.25) is 5.91 Å². The number of carbonyl (C=O) groups excluding carboxylic acids is 1. The minimum absolute atomic E-state index is 0.0848. The minimum atomic E-state index is 0.0848. The molecule has 19 heavy (non-hydrogen) atoms. The van der Waals surface area contributed by atoms with Gasteiger partial charge in [0, 0.05) is 31.6 Å². The Hall–Kier alpha value is -0.830. The van der Waals surface area contributed by atoms with Gasteiger partial charge in [0.05, 0.1) is 0 Å². The van der Waals surface area contributed by atoms with Gasteiger partial charge in [-0.1, -0.05) is 32.4 Å². The monoisotopic (exact) mass is 266 g/mol. The highest BCUT2D eigenvalue weighted by molar-refractivity contribution is 5.76. The summed E-state index contributed by atoms with van der Waals surface area (Å²) >= 11 is 0. The smallest absolute Gasteiger partial charge is 0.224 e. The predicted octanol–water partition coefficient (Wildman–Crippen LogP) is 2.97. The number of carbonyl (C=O) groups is 1. The fourth-order valence-electron chi connectivity index (χ4n) is 2.28. The van der Waals surface area contributed by atoms with E-state index in [9.17, 15) is 4.79 Å². The first kappa shape index (κ1) is 16.2. The van der Waals surface area contributed by atoms with Crippen LogP contribution < -0.4 is 5.32 Å². The first-order valence-corrected chi connectivity index (χ1v) is 7.32. The van der Waals surface area contributed by atoms with Gasteiger partial charge in [-0.2, -0.15) is 0 Å². The second-order valence-electron chi connectivity index (χ2n) is 7.50. The molecule has 1 aliphatic heterocycles. The molecule has 1 N–H and O–H groups in total. The molecule has 0 atom stereocenters. The third kappa shape index (κ3) is 5.77. The first-order valence-electron chi connectivity index (χ1n) is 7.32. The van der Waals surface area contributed by atoms with Crippen LogP contribution in [0.15, 0.2) is 11.6 Å². The van der Waals surface area contributed by atoms with Gasteiger partial charge in [0.1, 0.15) is 0 Å². The lowest BCUT2D eigenvalue weighted by molar-refractivity contribution is -0.130. The Kier molecular flexibility index (Phi) is 5.19. The summed E-state index contributed by atoms with van der Waals surface area (Å²) in [5.41, 5.74) is 1.80. The molecule has 0 spiro atoms. The molecule has 0 aromatic carbocycles. The van der Waals surface area contributed by atoms with E-state index in [1.54, 1.807) is 0 Å². The Morgan fingerprint density at radius 1 is 1.26 bits per heavy atom. The number of rotatable bonds is 3. The van der Waals surface area contributed by atoms with Gasteiger partial charge in [-0.05, 0) is 32.6 Å². The molecule has 0 bridgehead atoms. The number of nitrogens with one attached hydrogen (secondary N) is 1. The molecule has 0 radical (unpaired) electrons. The predicted molar refractivity (Wildman–Crippen MR) is 81.1 cm³/mol. The fraction of sp³-hybridized carbons (Fsp3) is 0.812. The van der Waals surface area contributed by atoms with Crippen molar-refractivity contribution in [3.8, 4) is 0 Å². The average molecular weight is 266 g/mol. The molecule has 0 unspecified atom stereocenters. The van der Waals surface area contributed by atoms with Crippen LogP contribution in [-0.4, -0.2) is 36.0 Å². The van der Waals surface area contributed by atoms with Crippen molar-refractivity contribution in [1.82, 2.24) is 10.2 Å². The summed E-state index contributed by atoms with van der Waals surface area (Å²) in [7, 11) is 0. The maximum absolute atomic E-state index is 12.1. The largest absolute Gasteiger partial charge is 0.339 e. The summed E-state index contributed by atoms with van der Waals surface area (Å²) in [5, 5.41) is 3.36. The molecular formula is C16H30N2O. The van der Waals surface area contributed by atoms with E-state index in [0.29, 0.717) is 6.42 Å². The van der Waals surface area contributed by atoms with Gasteiger partial charge in [-0.25, -0.2) is 0 Å². The van der Waals surface area contributed by atoms with Gasteiger partial charge >= 0.3 is 0 Å². The molecule has 1 heterocycles. The summed E-state index contributed by atoms with van der Waals surface area (Å²) in [6, 6.07) is 0. The Balaban J connectivity index is 2.39. The lowest BCUT2D eigenvalue weighted by Gasteiger charge is -2.32. The normalized spacial score (nSPS) is 17.4. The molecule has 0 saturated carbocycles. The quantitative estimate of drug-likeness (QED) is 0.797. The zero-order valence-corrected chi connectivity index (χ0v) is 13.5. The fourth-order valence-corrected chi connectivity index (χ4v) is 2.28. The van der Waals surface area contributed by atoms with E-state index in [2.05, 4.69) is 52.9 Å². The highest BCUT2D eigenvalue weighted by atomic mass is 16.2. The lowest BCUT2D eigenvalue weighted by atomic mass is 9.83. The SMILES string of the molecule is CC(C)(C)NCCC(=O)N1CC=C(C(C)(C)C)CC1. The van der Waals surface area contributed by atoms with Crippen LogP contribution in [0.4, 0.5) is 0 Å². The van der Waals surface area contributed by atoms with Crippen molar-refractivity contribution in [3.05, 3.63) is 11.6 Å². The molecule has 0 fully saturated rings. The molecule has 3 nitrogen and oxygen atoms in total. The number of hydrogen-bond acceptors (Lipinski definition) is 2. The van der Waals surface area contributed by atoms with Crippen molar-refractivity contribution in [2.75, 3.05) is 19.6 Å². The molecule has 0 aromatic heterocycles. The lowest BCUT2D eigenvalue weighted by Crippen LogP contribution is -2.41. The van der Waals surface area contributed by atoms with Gasteiger partial charge in [-0.15, -0.1) is 0 Å². The van der Waals surface area contributed by atoms with E-state index in [1.807, 2.05) is 4.90 Å². The molecule has 110 valence electrons. The molecule has 0 aliphatic carbocycles. The molecule has 0 aromatic rings. The van der Waals surface area contributed by atoms with Crippen LogP contribution in [0.25, 0.3) is 0 Å². The molecular weight excluding hydrogens is 236 g/mol. The van der Waals surface area contributed by atoms with Crippen LogP contribution >= 0.6 is 0 Å². The Morgan fingerprint density at radius 3 is 2.32 bits per heavy atom. The summed E-state index contributed by atoms with van der Waals surface area (Å²) in [6.45, 7) is 15.5. The molecule has 1 rings (SSSR count). The standard InChI is InChI=1S/C16H30N2O/c1-15(2,3)13-8-11-18(12-9-13)14(19)7-10-17-16(4,5)6/h8,17H,7,9-12H2,1-6H3. The topological polar surface area (TPSA) is 32.3 Å². The van der Waals surface area contributed by atoms with Crippen molar-refractivity contribution in [2.45, 2.75) is 59.9 Å². The van der Waals surface area contributed by atoms with Gasteiger partial charge in [0.15, 0.2) is 0 Å². The second-order valence-corrected chi connectivity index (χ2v) is 7.50. The van der Waals surface area contributed by atoms with E-state index >= 15 is 0 Å². The van der Waals surface area contributed by atoms with Crippen molar-refractivity contribution in [1.29, 1.82) is 0 Å². The van der Waals surface area contributed by atoms with Crippen molar-refractivity contribution >= 4 is 5.91 Å². The van der Waals surface area contributed by atoms with Crippen LogP contribution in [0.2, 0.25) is 0 Å². The third-order valence-electron chi connectivity index (χ3n) is 3.52. The number of nitrogens with zero attached hydrogens (tertiary/aromatic N) is 1. The second kappa shape index (κ2) is 6.08. The van der Waals surface area contributed by atoms with Gasteiger partial charge < -0.3 is 10.2 Å². The molecule has 3 heteroatoms. The van der Waals surface area contributed by atoms with Crippen LogP contribution in [0.3, 0.4) is 0 Å². The minimum Gasteiger partial charge on any atom is -0.339 e. The highest BCUT2D eigenvalue weighted by Gasteiger charge is 2.23. The Morgan fingerprint density at radius 2 is 1.89 bits per heavy atom. The summed E-state index contributed by atoms with van der Waals surface area (Å²) < 4.78 is 0. The first-order chi connectivity index (χ1) is 8.59. The molecule has 1 amide bonds. The van der Waals surface area contributed by atoms with E-state index in [0.717, 1.165) is 26.1 Å². The Bertz CT molecular complexity index is 345. The van der Waals surface area contributed by atoms with Gasteiger partial charge in [0.25, 0.3) is 0 Å². The van der Waals surface area contributed by atoms with E-state index in [1.165, 1.54) is 5.57 Å². The van der Waals surface area contributed by atoms with Crippen molar-refractivity contribution in [3.63, 3.8) is 0 Å². The number of amides is 1. The Labute approximate surface area is 118 Å². The van der Waals surface area contributed by atoms with E-state index in [-0.39, 0.29) is 16.9 Å². The molecule has 0 saturated heterocycles. The van der Waals surface area contributed by atoms with Crippen LogP contribution in [0.5, 0.6) is 0 Å². The maximum Gasteiger partial charge on any atom is 0.224 e. The van der Waals surface area contributed by atoms with Crippen molar-refractivity contribution < 1.29 is 4.79 Å². The average Bonchev–Trinajstić information content (AvgIpc) is 2.26. The number of hydrogen-bond donors (Lipinski definition) is 1. The van der Waals surface area contributed by atoms with Gasteiger partial charge in [-0.3, -0.25) is 4.79 Å². The summed E-state index contributed by atoms with van der Waals surface area (Å²) in [6.07, 6.45) is 3.84. The zero-order valence-electron chi connectivity index (χ0n) is 13.5. The zero-order chi connectivity index (χ0) is 14.7. The van der Waals surface area contributed by atoms with E-state index < -0.39 is 0 Å².